The van der Waals surface area contributed by atoms with E-state index in [1.165, 1.54) is 0 Å². The molecule has 1 aliphatic rings. The Morgan fingerprint density at radius 1 is 1.33 bits per heavy atom. The van der Waals surface area contributed by atoms with Gasteiger partial charge >= 0.3 is 6.18 Å². The molecule has 2 atom stereocenters. The summed E-state index contributed by atoms with van der Waals surface area (Å²) in [5, 5.41) is 3.77. The third-order valence-corrected chi connectivity index (χ3v) is 3.74. The molecule has 1 saturated carbocycles. The van der Waals surface area contributed by atoms with Crippen molar-refractivity contribution in [3.8, 4) is 0 Å². The number of rotatable bonds is 2. The Bertz CT molecular complexity index is 414. The third kappa shape index (κ3) is 2.33. The molecule has 1 aromatic heterocycles. The third-order valence-electron chi connectivity index (χ3n) is 3.74. The number of hydrogen-bond acceptors (Lipinski definition) is 3. The highest BCUT2D eigenvalue weighted by Crippen LogP contribution is 2.47. The molecule has 2 rings (SSSR count). The number of anilines is 1. The topological polar surface area (TPSA) is 52.0 Å². The summed E-state index contributed by atoms with van der Waals surface area (Å²) in [5.74, 6) is -1.77. The second-order valence-corrected chi connectivity index (χ2v) is 4.80. The Morgan fingerprint density at radius 3 is 2.61 bits per heavy atom. The molecule has 1 aliphatic carbocycles. The second kappa shape index (κ2) is 4.82. The highest BCUT2D eigenvalue weighted by molar-refractivity contribution is 5.40. The Hall–Kier alpha value is -1.20. The maximum absolute atomic E-state index is 13.0. The van der Waals surface area contributed by atoms with Gasteiger partial charge in [0.25, 0.3) is 0 Å². The van der Waals surface area contributed by atoms with E-state index >= 15 is 0 Å². The normalized spacial score (nSPS) is 25.3. The van der Waals surface area contributed by atoms with Gasteiger partial charge in [0.1, 0.15) is 0 Å². The van der Waals surface area contributed by atoms with Crippen molar-refractivity contribution < 1.29 is 17.7 Å². The minimum atomic E-state index is -4.18. The van der Waals surface area contributed by atoms with Crippen LogP contribution in [0, 0.1) is 5.92 Å². The number of nitrogens with two attached hydrogens (primary N) is 1. The first-order valence-corrected chi connectivity index (χ1v) is 6.25. The van der Waals surface area contributed by atoms with Crippen LogP contribution in [0.5, 0.6) is 0 Å². The molecule has 2 N–H and O–H groups in total. The molecule has 102 valence electrons. The summed E-state index contributed by atoms with van der Waals surface area (Å²) in [6.07, 6.45) is -1.54. The first-order valence-electron chi connectivity index (χ1n) is 6.25. The van der Waals surface area contributed by atoms with Crippen LogP contribution in [-0.4, -0.2) is 11.3 Å². The molecule has 0 bridgehead atoms. The van der Waals surface area contributed by atoms with Crippen LogP contribution in [0.3, 0.4) is 0 Å². The summed E-state index contributed by atoms with van der Waals surface area (Å²) >= 11 is 0. The van der Waals surface area contributed by atoms with Crippen molar-refractivity contribution in [3.05, 3.63) is 11.3 Å². The molecule has 0 saturated heterocycles. The number of nitrogen functional groups attached to an aromatic ring is 1. The summed E-state index contributed by atoms with van der Waals surface area (Å²) in [6.45, 7) is 1.85. The van der Waals surface area contributed by atoms with E-state index in [0.29, 0.717) is 30.5 Å². The molecular formula is C12H17F3N2O. The van der Waals surface area contributed by atoms with E-state index in [0.717, 1.165) is 6.42 Å². The second-order valence-electron chi connectivity index (χ2n) is 4.80. The minimum Gasteiger partial charge on any atom is -0.367 e. The Kier molecular flexibility index (Phi) is 3.54. The predicted octanol–water partition coefficient (Wildman–Crippen LogP) is 3.66. The molecule has 1 aromatic rings. The van der Waals surface area contributed by atoms with Gasteiger partial charge in [0.2, 0.25) is 5.88 Å². The number of halogens is 3. The van der Waals surface area contributed by atoms with Crippen LogP contribution in [-0.2, 0) is 6.42 Å². The first kappa shape index (κ1) is 13.2. The van der Waals surface area contributed by atoms with E-state index in [-0.39, 0.29) is 12.3 Å². The fourth-order valence-corrected chi connectivity index (χ4v) is 2.83. The highest BCUT2D eigenvalue weighted by Gasteiger charge is 2.47. The fraction of sp³-hybridized carbons (Fsp3) is 0.750. The van der Waals surface area contributed by atoms with E-state index < -0.39 is 18.0 Å². The lowest BCUT2D eigenvalue weighted by molar-refractivity contribution is -0.187. The maximum atomic E-state index is 13.0. The van der Waals surface area contributed by atoms with Crippen LogP contribution in [0.1, 0.15) is 49.8 Å². The largest absolute Gasteiger partial charge is 0.392 e. The summed E-state index contributed by atoms with van der Waals surface area (Å²) in [7, 11) is 0. The van der Waals surface area contributed by atoms with Crippen LogP contribution in [0.15, 0.2) is 4.52 Å². The van der Waals surface area contributed by atoms with Gasteiger partial charge in [-0.3, -0.25) is 0 Å². The molecular weight excluding hydrogens is 245 g/mol. The van der Waals surface area contributed by atoms with Crippen LogP contribution < -0.4 is 5.73 Å². The SMILES string of the molecule is CCc1c(C2CCCCC2C(F)(F)F)noc1N. The lowest BCUT2D eigenvalue weighted by Crippen LogP contribution is -2.32. The van der Waals surface area contributed by atoms with Crippen molar-refractivity contribution in [3.63, 3.8) is 0 Å². The predicted molar refractivity (Wildman–Crippen MR) is 61.0 cm³/mol. The smallest absolute Gasteiger partial charge is 0.367 e. The zero-order valence-electron chi connectivity index (χ0n) is 10.3. The monoisotopic (exact) mass is 262 g/mol. The van der Waals surface area contributed by atoms with Crippen LogP contribution >= 0.6 is 0 Å². The number of nitrogens with zero attached hydrogens (tertiary/aromatic N) is 1. The highest BCUT2D eigenvalue weighted by atomic mass is 19.4. The maximum Gasteiger partial charge on any atom is 0.392 e. The molecule has 3 nitrogen and oxygen atoms in total. The molecule has 0 aromatic carbocycles. The number of aromatic nitrogens is 1. The van der Waals surface area contributed by atoms with Crippen molar-refractivity contribution in [2.75, 3.05) is 5.73 Å². The van der Waals surface area contributed by atoms with E-state index in [2.05, 4.69) is 5.16 Å². The van der Waals surface area contributed by atoms with Crippen molar-refractivity contribution in [1.82, 2.24) is 5.16 Å². The summed E-state index contributed by atoms with van der Waals surface area (Å²) < 4.78 is 44.0. The summed E-state index contributed by atoms with van der Waals surface area (Å²) in [5.41, 5.74) is 6.65. The molecule has 2 unspecified atom stereocenters. The van der Waals surface area contributed by atoms with Gasteiger partial charge in [-0.05, 0) is 19.3 Å². The van der Waals surface area contributed by atoms with E-state index in [4.69, 9.17) is 10.3 Å². The molecule has 1 fully saturated rings. The molecule has 0 spiro atoms. The van der Waals surface area contributed by atoms with Gasteiger partial charge in [-0.25, -0.2) is 0 Å². The van der Waals surface area contributed by atoms with Gasteiger partial charge in [-0.2, -0.15) is 13.2 Å². The van der Waals surface area contributed by atoms with E-state index in [1.54, 1.807) is 0 Å². The van der Waals surface area contributed by atoms with E-state index in [1.807, 2.05) is 6.92 Å². The summed E-state index contributed by atoms with van der Waals surface area (Å²) in [4.78, 5) is 0. The van der Waals surface area contributed by atoms with Gasteiger partial charge in [0.05, 0.1) is 11.6 Å². The molecule has 0 aliphatic heterocycles. The lowest BCUT2D eigenvalue weighted by Gasteiger charge is -2.32. The summed E-state index contributed by atoms with van der Waals surface area (Å²) in [6, 6.07) is 0. The molecule has 18 heavy (non-hydrogen) atoms. The Morgan fingerprint density at radius 2 is 2.00 bits per heavy atom. The Balaban J connectivity index is 2.34. The average molecular weight is 262 g/mol. The number of alkyl halides is 3. The van der Waals surface area contributed by atoms with Crippen LogP contribution in [0.2, 0.25) is 0 Å². The van der Waals surface area contributed by atoms with Gasteiger partial charge in [0.15, 0.2) is 0 Å². The van der Waals surface area contributed by atoms with Crippen molar-refractivity contribution in [1.29, 1.82) is 0 Å². The van der Waals surface area contributed by atoms with Crippen molar-refractivity contribution in [2.24, 2.45) is 5.92 Å². The van der Waals surface area contributed by atoms with Gasteiger partial charge in [-0.15, -0.1) is 0 Å². The van der Waals surface area contributed by atoms with Crippen LogP contribution in [0.25, 0.3) is 0 Å². The quantitative estimate of drug-likeness (QED) is 0.885. The molecule has 0 radical (unpaired) electrons. The zero-order valence-corrected chi connectivity index (χ0v) is 10.3. The first-order chi connectivity index (χ1) is 8.45. The molecule has 0 amide bonds. The van der Waals surface area contributed by atoms with Crippen molar-refractivity contribution >= 4 is 5.88 Å². The minimum absolute atomic E-state index is 0.152. The zero-order chi connectivity index (χ0) is 13.3. The molecule has 6 heteroatoms. The van der Waals surface area contributed by atoms with E-state index in [9.17, 15) is 13.2 Å². The Labute approximate surface area is 104 Å². The van der Waals surface area contributed by atoms with Gasteiger partial charge < -0.3 is 10.3 Å². The average Bonchev–Trinajstić information content (AvgIpc) is 2.69. The van der Waals surface area contributed by atoms with Crippen LogP contribution in [0.4, 0.5) is 19.1 Å². The van der Waals surface area contributed by atoms with Gasteiger partial charge in [0, 0.05) is 11.5 Å². The lowest BCUT2D eigenvalue weighted by atomic mass is 9.76. The van der Waals surface area contributed by atoms with Crippen molar-refractivity contribution in [2.45, 2.75) is 51.1 Å². The van der Waals surface area contributed by atoms with Gasteiger partial charge in [-0.1, -0.05) is 24.9 Å². The fourth-order valence-electron chi connectivity index (χ4n) is 2.83. The molecule has 1 heterocycles. The standard InChI is InChI=1S/C12H17F3N2O/c1-2-7-10(17-18-11(7)16)8-5-3-4-6-9(8)12(13,14)15/h8-9H,2-6,16H2,1H3. The number of hydrogen-bond donors (Lipinski definition) is 1.